The van der Waals surface area contributed by atoms with Crippen LogP contribution in [0.4, 0.5) is 0 Å². The highest BCUT2D eigenvalue weighted by Gasteiger charge is 2.32. The molecule has 15 heavy (non-hydrogen) atoms. The van der Waals surface area contributed by atoms with Crippen molar-refractivity contribution in [3.8, 4) is 0 Å². The first-order valence-corrected chi connectivity index (χ1v) is 4.83. The molecular weight excluding hydrogens is 197 g/mol. The van der Waals surface area contributed by atoms with Crippen LogP contribution in [0.15, 0.2) is 0 Å². The molecule has 0 aromatic rings. The summed E-state index contributed by atoms with van der Waals surface area (Å²) in [6.07, 6.45) is -0.0918. The van der Waals surface area contributed by atoms with Crippen LogP contribution in [0.5, 0.6) is 0 Å². The first-order chi connectivity index (χ1) is 7.20. The molecule has 0 aliphatic carbocycles. The lowest BCUT2D eigenvalue weighted by Crippen LogP contribution is -2.44. The quantitative estimate of drug-likeness (QED) is 0.351. The van der Waals surface area contributed by atoms with E-state index in [1.165, 1.54) is 4.90 Å². The van der Waals surface area contributed by atoms with E-state index in [9.17, 15) is 9.59 Å². The minimum absolute atomic E-state index is 0.0546. The van der Waals surface area contributed by atoms with E-state index in [-0.39, 0.29) is 30.9 Å². The van der Waals surface area contributed by atoms with Crippen LogP contribution in [0.25, 0.3) is 0 Å². The first-order valence-electron chi connectivity index (χ1n) is 4.83. The van der Waals surface area contributed by atoms with Crippen molar-refractivity contribution in [1.29, 1.82) is 0 Å². The van der Waals surface area contributed by atoms with Gasteiger partial charge in [-0.3, -0.25) is 9.59 Å². The van der Waals surface area contributed by atoms with Gasteiger partial charge in [0.2, 0.25) is 5.91 Å². The number of carbonyl (C=O) groups excluding carboxylic acids is 2. The van der Waals surface area contributed by atoms with Crippen LogP contribution < -0.4 is 0 Å². The maximum atomic E-state index is 11.5. The van der Waals surface area contributed by atoms with Gasteiger partial charge >= 0.3 is 0 Å². The van der Waals surface area contributed by atoms with E-state index in [2.05, 4.69) is 4.74 Å². The van der Waals surface area contributed by atoms with Gasteiger partial charge in [0.1, 0.15) is 0 Å². The van der Waals surface area contributed by atoms with Crippen molar-refractivity contribution in [2.75, 3.05) is 19.9 Å². The molecule has 0 spiro atoms. The van der Waals surface area contributed by atoms with Crippen LogP contribution in [0.1, 0.15) is 6.92 Å². The summed E-state index contributed by atoms with van der Waals surface area (Å²) < 4.78 is 9.84. The van der Waals surface area contributed by atoms with Crippen LogP contribution >= 0.6 is 0 Å². The van der Waals surface area contributed by atoms with Gasteiger partial charge in [-0.25, -0.2) is 0 Å². The Kier molecular flexibility index (Phi) is 4.61. The predicted molar refractivity (Wildman–Crippen MR) is 53.2 cm³/mol. The lowest BCUT2D eigenvalue weighted by atomic mass is 10.0. The highest BCUT2D eigenvalue weighted by molar-refractivity contribution is 6.19. The molecule has 1 amide bonds. The van der Waals surface area contributed by atoms with Crippen LogP contribution in [0.3, 0.4) is 0 Å². The van der Waals surface area contributed by atoms with Crippen molar-refractivity contribution in [3.63, 3.8) is 0 Å². The molecule has 2 radical (unpaired) electrons. The van der Waals surface area contributed by atoms with Gasteiger partial charge < -0.3 is 14.4 Å². The van der Waals surface area contributed by atoms with Crippen molar-refractivity contribution in [2.45, 2.75) is 19.3 Å². The van der Waals surface area contributed by atoms with Crippen LogP contribution in [0.2, 0.25) is 6.32 Å². The fourth-order valence-corrected chi connectivity index (χ4v) is 1.63. The zero-order chi connectivity index (χ0) is 11.3. The zero-order valence-corrected chi connectivity index (χ0v) is 8.72. The van der Waals surface area contributed by atoms with E-state index in [1.807, 2.05) is 6.92 Å². The van der Waals surface area contributed by atoms with Gasteiger partial charge in [0.25, 0.3) is 6.47 Å². The predicted octanol–water partition coefficient (Wildman–Crippen LogP) is -0.433. The fraction of sp³-hybridized carbons (Fsp3) is 0.778. The molecule has 1 heterocycles. The second-order valence-electron chi connectivity index (χ2n) is 3.54. The lowest BCUT2D eigenvalue weighted by Gasteiger charge is -2.29. The largest absolute Gasteiger partial charge is 0.446 e. The maximum Gasteiger partial charge on any atom is 0.294 e. The van der Waals surface area contributed by atoms with E-state index >= 15 is 0 Å². The molecule has 0 unspecified atom stereocenters. The van der Waals surface area contributed by atoms with Crippen molar-refractivity contribution < 1.29 is 19.1 Å². The Morgan fingerprint density at radius 2 is 2.40 bits per heavy atom. The van der Waals surface area contributed by atoms with Gasteiger partial charge in [-0.1, -0.05) is 6.92 Å². The monoisotopic (exact) mass is 211 g/mol. The Bertz CT molecular complexity index is 236. The second-order valence-corrected chi connectivity index (χ2v) is 3.54. The molecule has 0 aromatic heterocycles. The second kappa shape index (κ2) is 5.75. The highest BCUT2D eigenvalue weighted by Crippen LogP contribution is 2.19. The third-order valence-electron chi connectivity index (χ3n) is 2.50. The van der Waals surface area contributed by atoms with Gasteiger partial charge in [0, 0.05) is 5.92 Å². The van der Waals surface area contributed by atoms with Crippen LogP contribution in [-0.2, 0) is 19.1 Å². The molecule has 1 rings (SSSR count). The van der Waals surface area contributed by atoms with Crippen LogP contribution in [-0.4, -0.2) is 51.1 Å². The number of amides is 1. The Morgan fingerprint density at radius 3 is 2.87 bits per heavy atom. The molecule has 0 aromatic carbocycles. The van der Waals surface area contributed by atoms with E-state index < -0.39 is 0 Å². The molecular formula is C9H14BNO4. The van der Waals surface area contributed by atoms with Gasteiger partial charge in [-0.05, 0) is 6.32 Å². The summed E-state index contributed by atoms with van der Waals surface area (Å²) in [5.74, 6) is -0.00467. The smallest absolute Gasteiger partial charge is 0.294 e. The molecule has 1 aliphatic rings. The number of ether oxygens (including phenoxy) is 2. The SMILES string of the molecule is [B]CC(=O)N(COC=O)[C@H]1COC[C@@H]1C. The topological polar surface area (TPSA) is 55.8 Å². The standard InChI is InChI=1S/C9H14BNO4/c1-7-3-14-4-8(7)11(5-15-6-12)9(13)2-10/h6-8H,2-5H2,1H3/t7-,8-/m0/s1. The summed E-state index contributed by atoms with van der Waals surface area (Å²) in [6, 6.07) is -0.0546. The molecule has 6 heteroatoms. The van der Waals surface area contributed by atoms with E-state index in [0.29, 0.717) is 19.7 Å². The van der Waals surface area contributed by atoms with Gasteiger partial charge in [-0.2, -0.15) is 0 Å². The number of nitrogens with zero attached hydrogens (tertiary/aromatic N) is 1. The lowest BCUT2D eigenvalue weighted by molar-refractivity contribution is -0.145. The van der Waals surface area contributed by atoms with Crippen molar-refractivity contribution in [1.82, 2.24) is 4.90 Å². The first kappa shape index (κ1) is 12.0. The number of hydrogen-bond donors (Lipinski definition) is 0. The molecule has 1 aliphatic heterocycles. The maximum absolute atomic E-state index is 11.5. The summed E-state index contributed by atoms with van der Waals surface area (Å²) >= 11 is 0. The fourth-order valence-electron chi connectivity index (χ4n) is 1.63. The van der Waals surface area contributed by atoms with Gasteiger partial charge in [0.05, 0.1) is 27.1 Å². The van der Waals surface area contributed by atoms with Gasteiger partial charge in [0.15, 0.2) is 6.73 Å². The number of rotatable bonds is 5. The minimum Gasteiger partial charge on any atom is -0.446 e. The molecule has 2 atom stereocenters. The summed E-state index contributed by atoms with van der Waals surface area (Å²) in [4.78, 5) is 23.0. The third kappa shape index (κ3) is 2.96. The van der Waals surface area contributed by atoms with E-state index in [4.69, 9.17) is 12.6 Å². The Labute approximate surface area is 90.1 Å². The zero-order valence-electron chi connectivity index (χ0n) is 8.72. The Balaban J connectivity index is 2.61. The summed E-state index contributed by atoms with van der Waals surface area (Å²) in [6.45, 7) is 3.32. The summed E-state index contributed by atoms with van der Waals surface area (Å²) in [7, 11) is 5.28. The molecule has 1 fully saturated rings. The Morgan fingerprint density at radius 1 is 1.67 bits per heavy atom. The normalized spacial score (nSPS) is 24.9. The summed E-state index contributed by atoms with van der Waals surface area (Å²) in [5.41, 5.74) is 0. The minimum atomic E-state index is -0.237. The third-order valence-corrected chi connectivity index (χ3v) is 2.50. The molecule has 0 N–H and O–H groups in total. The average molecular weight is 211 g/mol. The van der Waals surface area contributed by atoms with Crippen molar-refractivity contribution in [3.05, 3.63) is 0 Å². The highest BCUT2D eigenvalue weighted by atomic mass is 16.5. The molecule has 0 bridgehead atoms. The molecule has 82 valence electrons. The molecule has 5 nitrogen and oxygen atoms in total. The van der Waals surface area contributed by atoms with E-state index in [0.717, 1.165) is 0 Å². The number of hydrogen-bond acceptors (Lipinski definition) is 4. The average Bonchev–Trinajstić information content (AvgIpc) is 2.65. The number of carbonyl (C=O) groups is 2. The van der Waals surface area contributed by atoms with Crippen molar-refractivity contribution >= 4 is 20.2 Å². The summed E-state index contributed by atoms with van der Waals surface area (Å²) in [5, 5.41) is 0. The van der Waals surface area contributed by atoms with Gasteiger partial charge in [-0.15, -0.1) is 0 Å². The van der Waals surface area contributed by atoms with Crippen molar-refractivity contribution in [2.24, 2.45) is 5.92 Å². The van der Waals surface area contributed by atoms with Crippen LogP contribution in [0, 0.1) is 5.92 Å². The van der Waals surface area contributed by atoms with E-state index in [1.54, 1.807) is 0 Å². The molecule has 0 saturated carbocycles. The Hall–Kier alpha value is -1.04. The molecule has 1 saturated heterocycles.